The second-order valence-corrected chi connectivity index (χ2v) is 3.40. The molecule has 1 aromatic carbocycles. The van der Waals surface area contributed by atoms with Crippen LogP contribution in [0.25, 0.3) is 6.08 Å². The van der Waals surface area contributed by atoms with Gasteiger partial charge in [-0.1, -0.05) is 19.6 Å². The normalized spacial score (nSPS) is 10.2. The molecular weight excluding hydrogens is 176 g/mol. The first kappa shape index (κ1) is 10.6. The van der Waals surface area contributed by atoms with Crippen LogP contribution in [0, 0.1) is 13.8 Å². The van der Waals surface area contributed by atoms with Crippen LogP contribution < -0.4 is 0 Å². The lowest BCUT2D eigenvalue weighted by atomic mass is 9.95. The van der Waals surface area contributed by atoms with Crippen LogP contribution in [0.5, 0.6) is 11.5 Å². The largest absolute Gasteiger partial charge is 0.507 e. The third kappa shape index (κ3) is 1.37. The molecule has 1 aromatic rings. The first-order valence-corrected chi connectivity index (χ1v) is 4.70. The number of benzene rings is 1. The van der Waals surface area contributed by atoms with Crippen molar-refractivity contribution < 1.29 is 10.2 Å². The van der Waals surface area contributed by atoms with E-state index in [0.29, 0.717) is 12.0 Å². The fourth-order valence-electron chi connectivity index (χ4n) is 1.63. The van der Waals surface area contributed by atoms with Crippen LogP contribution in [0.2, 0.25) is 0 Å². The maximum Gasteiger partial charge on any atom is 0.126 e. The molecule has 0 aliphatic heterocycles. The zero-order valence-electron chi connectivity index (χ0n) is 8.89. The number of hydrogen-bond donors (Lipinski definition) is 2. The third-order valence-corrected chi connectivity index (χ3v) is 2.70. The van der Waals surface area contributed by atoms with Crippen LogP contribution in [0.3, 0.4) is 0 Å². The van der Waals surface area contributed by atoms with Crippen molar-refractivity contribution in [3.8, 4) is 11.5 Å². The Labute approximate surface area is 84.5 Å². The zero-order valence-corrected chi connectivity index (χ0v) is 8.89. The van der Waals surface area contributed by atoms with E-state index in [2.05, 4.69) is 6.58 Å². The summed E-state index contributed by atoms with van der Waals surface area (Å²) in [5.74, 6) is 0.504. The molecule has 0 saturated carbocycles. The van der Waals surface area contributed by atoms with E-state index < -0.39 is 0 Å². The summed E-state index contributed by atoms with van der Waals surface area (Å²) in [6.45, 7) is 9.17. The Balaban J connectivity index is 3.65. The maximum atomic E-state index is 9.86. The molecule has 0 radical (unpaired) electrons. The summed E-state index contributed by atoms with van der Waals surface area (Å²) in [7, 11) is 0. The third-order valence-electron chi connectivity index (χ3n) is 2.70. The predicted octanol–water partition coefficient (Wildman–Crippen LogP) is 2.92. The van der Waals surface area contributed by atoms with Gasteiger partial charge in [-0.2, -0.15) is 0 Å². The van der Waals surface area contributed by atoms with Crippen molar-refractivity contribution in [1.82, 2.24) is 0 Å². The van der Waals surface area contributed by atoms with Crippen LogP contribution in [-0.2, 0) is 6.42 Å². The lowest BCUT2D eigenvalue weighted by molar-refractivity contribution is 0.446. The quantitative estimate of drug-likeness (QED) is 0.707. The van der Waals surface area contributed by atoms with E-state index in [-0.39, 0.29) is 11.5 Å². The molecule has 2 N–H and O–H groups in total. The number of hydrogen-bond acceptors (Lipinski definition) is 2. The van der Waals surface area contributed by atoms with Crippen LogP contribution in [0.15, 0.2) is 6.58 Å². The van der Waals surface area contributed by atoms with Gasteiger partial charge in [0, 0.05) is 11.1 Å². The SMILES string of the molecule is C=Cc1c(O)c(C)c(C)c(O)c1CC. The van der Waals surface area contributed by atoms with Gasteiger partial charge in [0.05, 0.1) is 0 Å². The molecule has 0 amide bonds. The molecule has 0 heterocycles. The van der Waals surface area contributed by atoms with Crippen LogP contribution in [-0.4, -0.2) is 10.2 Å². The standard InChI is InChI=1S/C12H16O2/c1-5-9-10(6-2)12(14)8(4)7(3)11(9)13/h5,13-14H,1,6H2,2-4H3. The summed E-state index contributed by atoms with van der Waals surface area (Å²) >= 11 is 0. The lowest BCUT2D eigenvalue weighted by Crippen LogP contribution is -1.94. The Morgan fingerprint density at radius 3 is 2.07 bits per heavy atom. The summed E-state index contributed by atoms with van der Waals surface area (Å²) in [4.78, 5) is 0. The minimum absolute atomic E-state index is 0.229. The molecule has 76 valence electrons. The summed E-state index contributed by atoms with van der Waals surface area (Å²) in [6.07, 6.45) is 2.27. The van der Waals surface area contributed by atoms with Gasteiger partial charge in [-0.05, 0) is 31.4 Å². The molecular formula is C12H16O2. The summed E-state index contributed by atoms with van der Waals surface area (Å²) in [5, 5.41) is 19.7. The maximum absolute atomic E-state index is 9.86. The Hall–Kier alpha value is -1.44. The highest BCUT2D eigenvalue weighted by Crippen LogP contribution is 2.37. The van der Waals surface area contributed by atoms with Gasteiger partial charge in [0.1, 0.15) is 11.5 Å². The molecule has 0 aliphatic rings. The molecule has 0 unspecified atom stereocenters. The fraction of sp³-hybridized carbons (Fsp3) is 0.333. The van der Waals surface area contributed by atoms with Crippen molar-refractivity contribution >= 4 is 6.08 Å². The first-order chi connectivity index (χ1) is 6.54. The van der Waals surface area contributed by atoms with E-state index in [1.165, 1.54) is 0 Å². The Morgan fingerprint density at radius 1 is 1.14 bits per heavy atom. The van der Waals surface area contributed by atoms with Crippen molar-refractivity contribution in [3.63, 3.8) is 0 Å². The minimum Gasteiger partial charge on any atom is -0.507 e. The highest BCUT2D eigenvalue weighted by molar-refractivity contribution is 5.68. The smallest absolute Gasteiger partial charge is 0.126 e. The van der Waals surface area contributed by atoms with Gasteiger partial charge in [0.25, 0.3) is 0 Å². The van der Waals surface area contributed by atoms with Crippen LogP contribution in [0.4, 0.5) is 0 Å². The summed E-state index contributed by atoms with van der Waals surface area (Å²) in [5.41, 5.74) is 2.87. The van der Waals surface area contributed by atoms with Gasteiger partial charge >= 0.3 is 0 Å². The summed E-state index contributed by atoms with van der Waals surface area (Å²) in [6, 6.07) is 0. The molecule has 1 rings (SSSR count). The Morgan fingerprint density at radius 2 is 1.64 bits per heavy atom. The lowest BCUT2D eigenvalue weighted by Gasteiger charge is -2.14. The number of rotatable bonds is 2. The van der Waals surface area contributed by atoms with E-state index in [9.17, 15) is 10.2 Å². The second kappa shape index (κ2) is 3.74. The predicted molar refractivity (Wildman–Crippen MR) is 58.7 cm³/mol. The van der Waals surface area contributed by atoms with E-state index in [0.717, 1.165) is 16.7 Å². The zero-order chi connectivity index (χ0) is 10.9. The molecule has 0 atom stereocenters. The van der Waals surface area contributed by atoms with Gasteiger partial charge in [0.15, 0.2) is 0 Å². The average Bonchev–Trinajstić information content (AvgIpc) is 2.20. The molecule has 0 fully saturated rings. The molecule has 0 spiro atoms. The van der Waals surface area contributed by atoms with Gasteiger partial charge in [-0.3, -0.25) is 0 Å². The van der Waals surface area contributed by atoms with Crippen molar-refractivity contribution in [1.29, 1.82) is 0 Å². The molecule has 14 heavy (non-hydrogen) atoms. The monoisotopic (exact) mass is 192 g/mol. The number of aromatic hydroxyl groups is 2. The first-order valence-electron chi connectivity index (χ1n) is 4.70. The highest BCUT2D eigenvalue weighted by Gasteiger charge is 2.15. The second-order valence-electron chi connectivity index (χ2n) is 3.40. The Kier molecular flexibility index (Phi) is 2.84. The topological polar surface area (TPSA) is 40.5 Å². The summed E-state index contributed by atoms with van der Waals surface area (Å²) < 4.78 is 0. The molecule has 2 nitrogen and oxygen atoms in total. The molecule has 0 saturated heterocycles. The van der Waals surface area contributed by atoms with E-state index >= 15 is 0 Å². The van der Waals surface area contributed by atoms with Gasteiger partial charge in [-0.25, -0.2) is 0 Å². The molecule has 0 aliphatic carbocycles. The van der Waals surface area contributed by atoms with Crippen LogP contribution in [0.1, 0.15) is 29.2 Å². The van der Waals surface area contributed by atoms with Crippen LogP contribution >= 0.6 is 0 Å². The van der Waals surface area contributed by atoms with Crippen molar-refractivity contribution in [2.45, 2.75) is 27.2 Å². The Bertz CT molecular complexity index is 379. The minimum atomic E-state index is 0.229. The average molecular weight is 192 g/mol. The number of phenolic OH excluding ortho intramolecular Hbond substituents is 2. The fourth-order valence-corrected chi connectivity index (χ4v) is 1.63. The van der Waals surface area contributed by atoms with E-state index in [4.69, 9.17) is 0 Å². The molecule has 0 aromatic heterocycles. The van der Waals surface area contributed by atoms with Crippen molar-refractivity contribution in [2.75, 3.05) is 0 Å². The van der Waals surface area contributed by atoms with Crippen molar-refractivity contribution in [3.05, 3.63) is 28.8 Å². The number of phenols is 2. The molecule has 2 heteroatoms. The van der Waals surface area contributed by atoms with E-state index in [1.54, 1.807) is 19.9 Å². The van der Waals surface area contributed by atoms with Gasteiger partial charge in [-0.15, -0.1) is 0 Å². The van der Waals surface area contributed by atoms with Crippen molar-refractivity contribution in [2.24, 2.45) is 0 Å². The van der Waals surface area contributed by atoms with Gasteiger partial charge < -0.3 is 10.2 Å². The highest BCUT2D eigenvalue weighted by atomic mass is 16.3. The molecule has 0 bridgehead atoms. The van der Waals surface area contributed by atoms with E-state index in [1.807, 2.05) is 6.92 Å². The van der Waals surface area contributed by atoms with Gasteiger partial charge in [0.2, 0.25) is 0 Å².